The van der Waals surface area contributed by atoms with Gasteiger partial charge in [-0.2, -0.15) is 0 Å². The minimum atomic E-state index is -0.112. The molecule has 1 amide bonds. The van der Waals surface area contributed by atoms with Crippen LogP contribution in [0.25, 0.3) is 0 Å². The fourth-order valence-electron chi connectivity index (χ4n) is 2.49. The van der Waals surface area contributed by atoms with Crippen LogP contribution < -0.4 is 11.1 Å². The lowest BCUT2D eigenvalue weighted by atomic mass is 9.84. The summed E-state index contributed by atoms with van der Waals surface area (Å²) in [6.45, 7) is 7.52. The first-order valence-electron chi connectivity index (χ1n) is 8.13. The molecule has 0 aliphatic heterocycles. The highest BCUT2D eigenvalue weighted by Gasteiger charge is 2.21. The molecule has 0 saturated heterocycles. The Bertz CT molecular complexity index is 648. The zero-order chi connectivity index (χ0) is 16.9. The lowest BCUT2D eigenvalue weighted by Crippen LogP contribution is -2.36. The summed E-state index contributed by atoms with van der Waals surface area (Å²) in [4.78, 5) is 12.3. The van der Waals surface area contributed by atoms with E-state index >= 15 is 0 Å². The van der Waals surface area contributed by atoms with E-state index in [1.807, 2.05) is 24.3 Å². The zero-order valence-corrected chi connectivity index (χ0v) is 15.5. The highest BCUT2D eigenvalue weighted by Crippen LogP contribution is 2.23. The van der Waals surface area contributed by atoms with Gasteiger partial charge < -0.3 is 11.1 Å². The molecule has 0 aliphatic rings. The van der Waals surface area contributed by atoms with Crippen LogP contribution in [0.2, 0.25) is 0 Å². The van der Waals surface area contributed by atoms with Gasteiger partial charge in [0.05, 0.1) is 0 Å². The topological polar surface area (TPSA) is 55.1 Å². The average Bonchev–Trinajstić information content (AvgIpc) is 2.60. The molecule has 0 radical (unpaired) electrons. The van der Waals surface area contributed by atoms with Crippen LogP contribution in [-0.4, -0.2) is 12.5 Å². The fraction of sp³-hybridized carbons (Fsp3) is 0.350. The Hall–Kier alpha value is -1.84. The van der Waals surface area contributed by atoms with Crippen molar-refractivity contribution in [2.24, 2.45) is 5.73 Å². The second-order valence-corrected chi connectivity index (χ2v) is 6.52. The Morgan fingerprint density at radius 1 is 1.00 bits per heavy atom. The van der Waals surface area contributed by atoms with Crippen molar-refractivity contribution in [3.05, 3.63) is 70.8 Å². The highest BCUT2D eigenvalue weighted by atomic mass is 35.5. The second kappa shape index (κ2) is 8.86. The highest BCUT2D eigenvalue weighted by molar-refractivity contribution is 5.94. The van der Waals surface area contributed by atoms with E-state index in [2.05, 4.69) is 50.4 Å². The molecular formula is C20H27ClN2O. The van der Waals surface area contributed by atoms with Crippen LogP contribution in [0.15, 0.2) is 48.5 Å². The van der Waals surface area contributed by atoms with Gasteiger partial charge >= 0.3 is 0 Å². The normalized spacial score (nSPS) is 10.8. The lowest BCUT2D eigenvalue weighted by molar-refractivity contribution is 0.0945. The lowest BCUT2D eigenvalue weighted by Gasteiger charge is -2.26. The molecule has 3 nitrogen and oxygen atoms in total. The van der Waals surface area contributed by atoms with E-state index in [0.717, 1.165) is 12.0 Å². The quantitative estimate of drug-likeness (QED) is 0.835. The van der Waals surface area contributed by atoms with Crippen molar-refractivity contribution in [3.8, 4) is 0 Å². The summed E-state index contributed by atoms with van der Waals surface area (Å²) >= 11 is 0. The molecule has 0 unspecified atom stereocenters. The number of benzene rings is 2. The zero-order valence-electron chi connectivity index (χ0n) is 14.6. The SMILES string of the molecule is CCc1ccc(C(C)(C)CNC(=O)c2ccc(CN)cc2)cc1.Cl. The molecule has 0 aromatic heterocycles. The second-order valence-electron chi connectivity index (χ2n) is 6.52. The first kappa shape index (κ1) is 20.2. The third kappa shape index (κ3) is 5.08. The Morgan fingerprint density at radius 3 is 2.04 bits per heavy atom. The van der Waals surface area contributed by atoms with Gasteiger partial charge in [0.2, 0.25) is 0 Å². The standard InChI is InChI=1S/C20H26N2O.ClH/c1-4-15-7-11-18(12-8-15)20(2,3)14-22-19(23)17-9-5-16(13-21)6-10-17;/h5-12H,4,13-14,21H2,1-3H3,(H,22,23);1H. The number of hydrogen-bond acceptors (Lipinski definition) is 2. The number of hydrogen-bond donors (Lipinski definition) is 2. The number of nitrogens with one attached hydrogen (secondary N) is 1. The molecule has 4 heteroatoms. The van der Waals surface area contributed by atoms with Crippen molar-refractivity contribution < 1.29 is 4.79 Å². The Balaban J connectivity index is 0.00000288. The molecule has 0 spiro atoms. The number of carbonyl (C=O) groups excluding carboxylic acids is 1. The minimum Gasteiger partial charge on any atom is -0.351 e. The number of aryl methyl sites for hydroxylation is 1. The number of amides is 1. The molecule has 2 rings (SSSR count). The smallest absolute Gasteiger partial charge is 0.251 e. The first-order valence-corrected chi connectivity index (χ1v) is 8.13. The fourth-order valence-corrected chi connectivity index (χ4v) is 2.49. The number of rotatable bonds is 6. The van der Waals surface area contributed by atoms with Crippen molar-refractivity contribution in [1.82, 2.24) is 5.32 Å². The maximum Gasteiger partial charge on any atom is 0.251 e. The summed E-state index contributed by atoms with van der Waals surface area (Å²) in [5.74, 6) is -0.0492. The van der Waals surface area contributed by atoms with Crippen LogP contribution in [0.4, 0.5) is 0 Å². The van der Waals surface area contributed by atoms with Gasteiger partial charge in [-0.3, -0.25) is 4.79 Å². The van der Waals surface area contributed by atoms with E-state index in [1.165, 1.54) is 11.1 Å². The molecule has 0 heterocycles. The Morgan fingerprint density at radius 2 is 1.54 bits per heavy atom. The molecule has 24 heavy (non-hydrogen) atoms. The van der Waals surface area contributed by atoms with Crippen LogP contribution in [0.1, 0.15) is 47.8 Å². The summed E-state index contributed by atoms with van der Waals surface area (Å²) < 4.78 is 0. The molecule has 3 N–H and O–H groups in total. The molecule has 0 bridgehead atoms. The van der Waals surface area contributed by atoms with Crippen LogP contribution in [0.5, 0.6) is 0 Å². The first-order chi connectivity index (χ1) is 11.0. The molecule has 0 fully saturated rings. The van der Waals surface area contributed by atoms with Crippen LogP contribution >= 0.6 is 12.4 Å². The van der Waals surface area contributed by atoms with Crippen molar-refractivity contribution in [1.29, 1.82) is 0 Å². The van der Waals surface area contributed by atoms with Gasteiger partial charge in [-0.15, -0.1) is 12.4 Å². The van der Waals surface area contributed by atoms with Gasteiger partial charge in [-0.05, 0) is 35.2 Å². The number of carbonyl (C=O) groups is 1. The molecule has 0 aliphatic carbocycles. The minimum absolute atomic E-state index is 0. The molecule has 130 valence electrons. The third-order valence-corrected chi connectivity index (χ3v) is 4.29. The van der Waals surface area contributed by atoms with Gasteiger partial charge in [0, 0.05) is 24.1 Å². The van der Waals surface area contributed by atoms with Crippen molar-refractivity contribution in [3.63, 3.8) is 0 Å². The van der Waals surface area contributed by atoms with E-state index in [9.17, 15) is 4.79 Å². The third-order valence-electron chi connectivity index (χ3n) is 4.29. The van der Waals surface area contributed by atoms with E-state index in [0.29, 0.717) is 18.7 Å². The van der Waals surface area contributed by atoms with E-state index in [1.54, 1.807) is 0 Å². The van der Waals surface area contributed by atoms with E-state index < -0.39 is 0 Å². The Labute approximate surface area is 151 Å². The maximum absolute atomic E-state index is 12.3. The van der Waals surface area contributed by atoms with Gasteiger partial charge in [-0.25, -0.2) is 0 Å². The molecule has 2 aromatic carbocycles. The summed E-state index contributed by atoms with van der Waals surface area (Å²) in [5.41, 5.74) is 9.71. The monoisotopic (exact) mass is 346 g/mol. The average molecular weight is 347 g/mol. The van der Waals surface area contributed by atoms with Crippen molar-refractivity contribution >= 4 is 18.3 Å². The summed E-state index contributed by atoms with van der Waals surface area (Å²) in [7, 11) is 0. The summed E-state index contributed by atoms with van der Waals surface area (Å²) in [6.07, 6.45) is 1.04. The largest absolute Gasteiger partial charge is 0.351 e. The van der Waals surface area contributed by atoms with E-state index in [4.69, 9.17) is 5.73 Å². The molecular weight excluding hydrogens is 320 g/mol. The van der Waals surface area contributed by atoms with Gasteiger partial charge in [0.15, 0.2) is 0 Å². The van der Waals surface area contributed by atoms with Crippen molar-refractivity contribution in [2.75, 3.05) is 6.54 Å². The summed E-state index contributed by atoms with van der Waals surface area (Å²) in [5, 5.41) is 3.03. The van der Waals surface area contributed by atoms with E-state index in [-0.39, 0.29) is 23.7 Å². The Kier molecular flexibility index (Phi) is 7.46. The van der Waals surface area contributed by atoms with Gasteiger partial charge in [-0.1, -0.05) is 57.2 Å². The van der Waals surface area contributed by atoms with Crippen LogP contribution in [0, 0.1) is 0 Å². The molecule has 0 saturated carbocycles. The predicted molar refractivity (Wildman–Crippen MR) is 103 cm³/mol. The molecule has 0 atom stereocenters. The molecule has 2 aromatic rings. The maximum atomic E-state index is 12.3. The number of nitrogens with two attached hydrogens (primary N) is 1. The predicted octanol–water partition coefficient (Wildman–Crippen LogP) is 3.84. The summed E-state index contributed by atoms with van der Waals surface area (Å²) in [6, 6.07) is 16.0. The van der Waals surface area contributed by atoms with Crippen LogP contribution in [0.3, 0.4) is 0 Å². The van der Waals surface area contributed by atoms with Crippen LogP contribution in [-0.2, 0) is 18.4 Å². The van der Waals surface area contributed by atoms with Gasteiger partial charge in [0.25, 0.3) is 5.91 Å². The van der Waals surface area contributed by atoms with Gasteiger partial charge in [0.1, 0.15) is 0 Å². The number of halogens is 1. The van der Waals surface area contributed by atoms with Crippen molar-refractivity contribution in [2.45, 2.75) is 39.2 Å².